The number of hydrogen-bond donors (Lipinski definition) is 2. The Balaban J connectivity index is 2.39. The maximum absolute atomic E-state index is 12.0. The zero-order valence-electron chi connectivity index (χ0n) is 14.7. The molecule has 0 spiro atoms. The average Bonchev–Trinajstić information content (AvgIpc) is 2.45. The van der Waals surface area contributed by atoms with Crippen LogP contribution in [-0.2, 0) is 16.0 Å². The third-order valence-electron chi connectivity index (χ3n) is 3.33. The summed E-state index contributed by atoms with van der Waals surface area (Å²) in [5.74, 6) is -0.193. The van der Waals surface area contributed by atoms with Crippen molar-refractivity contribution in [3.63, 3.8) is 0 Å². The molecule has 2 amide bonds. The summed E-state index contributed by atoms with van der Waals surface area (Å²) >= 11 is 0. The molecule has 0 saturated heterocycles. The first-order valence-corrected chi connectivity index (χ1v) is 8.27. The number of nitrogens with zero attached hydrogens (tertiary/aromatic N) is 1. The first-order chi connectivity index (χ1) is 10.9. The van der Waals surface area contributed by atoms with E-state index >= 15 is 0 Å². The average molecular weight is 319 g/mol. The molecule has 1 aromatic rings. The second-order valence-corrected chi connectivity index (χ2v) is 6.24. The third kappa shape index (κ3) is 8.35. The maximum Gasteiger partial charge on any atom is 0.238 e. The van der Waals surface area contributed by atoms with Crippen LogP contribution in [-0.4, -0.2) is 42.9 Å². The fraction of sp³-hybridized carbons (Fsp3) is 0.556. The van der Waals surface area contributed by atoms with Crippen LogP contribution in [0.5, 0.6) is 0 Å². The Morgan fingerprint density at radius 1 is 1.09 bits per heavy atom. The molecule has 0 fully saturated rings. The number of likely N-dealkylation sites (N-methyl/N-ethyl adjacent to an activating group) is 1. The highest BCUT2D eigenvalue weighted by Crippen LogP contribution is 2.11. The minimum atomic E-state index is -0.119. The number of amides is 2. The number of aryl methyl sites for hydroxylation is 1. The van der Waals surface area contributed by atoms with Crippen LogP contribution in [0.4, 0.5) is 5.69 Å². The minimum Gasteiger partial charge on any atom is -0.353 e. The van der Waals surface area contributed by atoms with E-state index in [1.165, 1.54) is 18.4 Å². The van der Waals surface area contributed by atoms with E-state index < -0.39 is 0 Å². The van der Waals surface area contributed by atoms with Gasteiger partial charge in [-0.1, -0.05) is 25.5 Å². The fourth-order valence-electron chi connectivity index (χ4n) is 2.25. The molecule has 5 heteroatoms. The molecule has 1 aromatic carbocycles. The number of benzene rings is 1. The van der Waals surface area contributed by atoms with Crippen LogP contribution in [0.15, 0.2) is 24.3 Å². The van der Waals surface area contributed by atoms with Gasteiger partial charge in [-0.25, -0.2) is 0 Å². The molecule has 5 nitrogen and oxygen atoms in total. The van der Waals surface area contributed by atoms with Gasteiger partial charge in [-0.3, -0.25) is 14.5 Å². The standard InChI is InChI=1S/C18H29N3O2/c1-5-6-7-15-8-10-16(11-9-15)20-18(23)13-21(4)12-17(22)19-14(2)3/h8-11,14H,5-7,12-13H2,1-4H3,(H,19,22)(H,20,23). The predicted molar refractivity (Wildman–Crippen MR) is 94.5 cm³/mol. The smallest absolute Gasteiger partial charge is 0.238 e. The van der Waals surface area contributed by atoms with Gasteiger partial charge in [0.15, 0.2) is 0 Å². The highest BCUT2D eigenvalue weighted by Gasteiger charge is 2.11. The van der Waals surface area contributed by atoms with Crippen LogP contribution in [0.25, 0.3) is 0 Å². The van der Waals surface area contributed by atoms with E-state index in [1.807, 2.05) is 38.1 Å². The molecule has 0 heterocycles. The Labute approximate surface area is 139 Å². The van der Waals surface area contributed by atoms with Crippen LogP contribution >= 0.6 is 0 Å². The predicted octanol–water partition coefficient (Wildman–Crippen LogP) is 2.42. The Morgan fingerprint density at radius 2 is 1.70 bits per heavy atom. The van der Waals surface area contributed by atoms with E-state index in [-0.39, 0.29) is 30.9 Å². The van der Waals surface area contributed by atoms with Gasteiger partial charge in [0.05, 0.1) is 13.1 Å². The number of hydrogen-bond acceptors (Lipinski definition) is 3. The lowest BCUT2D eigenvalue weighted by atomic mass is 10.1. The molecule has 1 rings (SSSR count). The first kappa shape index (κ1) is 19.2. The summed E-state index contributed by atoms with van der Waals surface area (Å²) in [6.45, 7) is 6.39. The van der Waals surface area contributed by atoms with Crippen LogP contribution in [0.2, 0.25) is 0 Å². The molecule has 0 saturated carbocycles. The Bertz CT molecular complexity index is 497. The van der Waals surface area contributed by atoms with Crippen molar-refractivity contribution in [2.45, 2.75) is 46.1 Å². The molecule has 2 N–H and O–H groups in total. The number of unbranched alkanes of at least 4 members (excludes halogenated alkanes) is 1. The molecule has 0 aromatic heterocycles. The van der Waals surface area contributed by atoms with Gasteiger partial charge in [0.1, 0.15) is 0 Å². The van der Waals surface area contributed by atoms with Gasteiger partial charge in [-0.15, -0.1) is 0 Å². The van der Waals surface area contributed by atoms with Gasteiger partial charge in [0.25, 0.3) is 0 Å². The summed E-state index contributed by atoms with van der Waals surface area (Å²) in [5, 5.41) is 5.67. The van der Waals surface area contributed by atoms with Gasteiger partial charge in [-0.2, -0.15) is 0 Å². The van der Waals surface area contributed by atoms with Crippen molar-refractivity contribution in [2.24, 2.45) is 0 Å². The second-order valence-electron chi connectivity index (χ2n) is 6.24. The lowest BCUT2D eigenvalue weighted by molar-refractivity contribution is -0.123. The quantitative estimate of drug-likeness (QED) is 0.735. The topological polar surface area (TPSA) is 61.4 Å². The number of carbonyl (C=O) groups excluding carboxylic acids is 2. The van der Waals surface area contributed by atoms with Gasteiger partial charge in [0.2, 0.25) is 11.8 Å². The summed E-state index contributed by atoms with van der Waals surface area (Å²) < 4.78 is 0. The molecule has 128 valence electrons. The molecule has 0 aliphatic rings. The SMILES string of the molecule is CCCCc1ccc(NC(=O)CN(C)CC(=O)NC(C)C)cc1. The van der Waals surface area contributed by atoms with Crippen molar-refractivity contribution >= 4 is 17.5 Å². The second kappa shape index (κ2) is 10.0. The summed E-state index contributed by atoms with van der Waals surface area (Å²) in [7, 11) is 1.76. The van der Waals surface area contributed by atoms with E-state index in [0.717, 1.165) is 12.1 Å². The van der Waals surface area contributed by atoms with Crippen molar-refractivity contribution in [2.75, 3.05) is 25.5 Å². The van der Waals surface area contributed by atoms with Gasteiger partial charge in [-0.05, 0) is 51.4 Å². The summed E-state index contributed by atoms with van der Waals surface area (Å²) in [4.78, 5) is 25.3. The Kier molecular flexibility index (Phi) is 8.33. The van der Waals surface area contributed by atoms with E-state index in [4.69, 9.17) is 0 Å². The number of nitrogens with one attached hydrogen (secondary N) is 2. The molecular formula is C18H29N3O2. The fourth-order valence-corrected chi connectivity index (χ4v) is 2.25. The summed E-state index contributed by atoms with van der Waals surface area (Å²) in [6.07, 6.45) is 3.42. The van der Waals surface area contributed by atoms with E-state index in [1.54, 1.807) is 11.9 Å². The first-order valence-electron chi connectivity index (χ1n) is 8.27. The van der Waals surface area contributed by atoms with E-state index in [2.05, 4.69) is 17.6 Å². The van der Waals surface area contributed by atoms with Crippen LogP contribution in [0, 0.1) is 0 Å². The number of carbonyl (C=O) groups is 2. The molecular weight excluding hydrogens is 290 g/mol. The normalized spacial score (nSPS) is 10.9. The highest BCUT2D eigenvalue weighted by molar-refractivity contribution is 5.92. The van der Waals surface area contributed by atoms with Crippen molar-refractivity contribution in [3.8, 4) is 0 Å². The highest BCUT2D eigenvalue weighted by atomic mass is 16.2. The molecule has 0 unspecified atom stereocenters. The van der Waals surface area contributed by atoms with Crippen molar-refractivity contribution in [3.05, 3.63) is 29.8 Å². The lowest BCUT2D eigenvalue weighted by Crippen LogP contribution is -2.41. The lowest BCUT2D eigenvalue weighted by Gasteiger charge is -2.17. The Hall–Kier alpha value is -1.88. The van der Waals surface area contributed by atoms with Crippen molar-refractivity contribution in [1.82, 2.24) is 10.2 Å². The van der Waals surface area contributed by atoms with Gasteiger partial charge < -0.3 is 10.6 Å². The minimum absolute atomic E-state index is 0.0735. The van der Waals surface area contributed by atoms with Crippen molar-refractivity contribution < 1.29 is 9.59 Å². The summed E-state index contributed by atoms with van der Waals surface area (Å²) in [6, 6.07) is 8.05. The van der Waals surface area contributed by atoms with Crippen LogP contribution in [0.1, 0.15) is 39.2 Å². The molecule has 0 aliphatic carbocycles. The van der Waals surface area contributed by atoms with Crippen LogP contribution in [0.3, 0.4) is 0 Å². The zero-order valence-corrected chi connectivity index (χ0v) is 14.7. The number of anilines is 1. The monoisotopic (exact) mass is 319 g/mol. The van der Waals surface area contributed by atoms with Gasteiger partial charge >= 0.3 is 0 Å². The van der Waals surface area contributed by atoms with Crippen LogP contribution < -0.4 is 10.6 Å². The van der Waals surface area contributed by atoms with E-state index in [0.29, 0.717) is 0 Å². The molecule has 0 aliphatic heterocycles. The van der Waals surface area contributed by atoms with E-state index in [9.17, 15) is 9.59 Å². The third-order valence-corrected chi connectivity index (χ3v) is 3.33. The zero-order chi connectivity index (χ0) is 17.2. The molecule has 23 heavy (non-hydrogen) atoms. The van der Waals surface area contributed by atoms with Crippen molar-refractivity contribution in [1.29, 1.82) is 0 Å². The molecule has 0 bridgehead atoms. The van der Waals surface area contributed by atoms with Gasteiger partial charge in [0, 0.05) is 11.7 Å². The Morgan fingerprint density at radius 3 is 2.26 bits per heavy atom. The maximum atomic E-state index is 12.0. The summed E-state index contributed by atoms with van der Waals surface area (Å²) in [5.41, 5.74) is 2.07. The molecule has 0 radical (unpaired) electrons. The largest absolute Gasteiger partial charge is 0.353 e. The molecule has 0 atom stereocenters. The number of rotatable bonds is 9.